The lowest BCUT2D eigenvalue weighted by molar-refractivity contribution is 0.251. The van der Waals surface area contributed by atoms with Crippen LogP contribution >= 0.6 is 0 Å². The summed E-state index contributed by atoms with van der Waals surface area (Å²) >= 11 is 0. The summed E-state index contributed by atoms with van der Waals surface area (Å²) in [5.41, 5.74) is 6.96. The minimum absolute atomic E-state index is 0.00208. The highest BCUT2D eigenvalue weighted by molar-refractivity contribution is 5.53. The molecular weight excluding hydrogens is 194 g/mol. The molecule has 0 bridgehead atoms. The number of fused-ring (bicyclic) bond motifs is 1. The van der Waals surface area contributed by atoms with Gasteiger partial charge in [-0.1, -0.05) is 0 Å². The highest BCUT2D eigenvalue weighted by Gasteiger charge is 2.22. The first kappa shape index (κ1) is 10.1. The molecule has 1 aliphatic rings. The predicted molar refractivity (Wildman–Crippen MR) is 56.6 cm³/mol. The fraction of sp³-hybridized carbons (Fsp3) is 0.455. The number of ether oxygens (including phenoxy) is 3. The summed E-state index contributed by atoms with van der Waals surface area (Å²) in [4.78, 5) is 0. The Labute approximate surface area is 88.9 Å². The molecule has 0 fully saturated rings. The van der Waals surface area contributed by atoms with E-state index in [1.165, 1.54) is 0 Å². The molecule has 0 aromatic heterocycles. The maximum absolute atomic E-state index is 6.00. The van der Waals surface area contributed by atoms with Crippen molar-refractivity contribution in [2.75, 3.05) is 20.8 Å². The van der Waals surface area contributed by atoms with Gasteiger partial charge >= 0.3 is 0 Å². The van der Waals surface area contributed by atoms with Gasteiger partial charge in [0.2, 0.25) is 0 Å². The zero-order valence-electron chi connectivity index (χ0n) is 8.95. The van der Waals surface area contributed by atoms with Crippen molar-refractivity contribution < 1.29 is 14.2 Å². The Kier molecular flexibility index (Phi) is 2.68. The van der Waals surface area contributed by atoms with E-state index in [4.69, 9.17) is 19.9 Å². The molecule has 0 unspecified atom stereocenters. The Morgan fingerprint density at radius 2 is 2.13 bits per heavy atom. The Hall–Kier alpha value is -1.42. The van der Waals surface area contributed by atoms with Gasteiger partial charge in [0.05, 0.1) is 20.8 Å². The first-order chi connectivity index (χ1) is 7.26. The van der Waals surface area contributed by atoms with Crippen LogP contribution in [0.1, 0.15) is 18.0 Å². The van der Waals surface area contributed by atoms with E-state index >= 15 is 0 Å². The summed E-state index contributed by atoms with van der Waals surface area (Å²) in [6.45, 7) is 0.636. The molecule has 82 valence electrons. The molecule has 0 saturated carbocycles. The number of rotatable bonds is 2. The number of hydrogen-bond acceptors (Lipinski definition) is 4. The normalized spacial score (nSPS) is 19.0. The van der Waals surface area contributed by atoms with Crippen LogP contribution in [0.3, 0.4) is 0 Å². The van der Waals surface area contributed by atoms with Crippen molar-refractivity contribution in [3.05, 3.63) is 17.7 Å². The molecule has 1 aliphatic heterocycles. The summed E-state index contributed by atoms with van der Waals surface area (Å²) < 4.78 is 16.0. The Morgan fingerprint density at radius 3 is 2.80 bits per heavy atom. The maximum atomic E-state index is 6.00. The number of benzene rings is 1. The van der Waals surface area contributed by atoms with Crippen LogP contribution in [0.2, 0.25) is 0 Å². The van der Waals surface area contributed by atoms with E-state index in [0.29, 0.717) is 12.4 Å². The van der Waals surface area contributed by atoms with Gasteiger partial charge in [-0.15, -0.1) is 0 Å². The molecule has 0 amide bonds. The molecule has 0 saturated heterocycles. The molecule has 1 heterocycles. The second kappa shape index (κ2) is 3.98. The maximum Gasteiger partial charge on any atom is 0.166 e. The fourth-order valence-electron chi connectivity index (χ4n) is 1.74. The second-order valence-corrected chi connectivity index (χ2v) is 3.49. The zero-order chi connectivity index (χ0) is 10.8. The van der Waals surface area contributed by atoms with Crippen molar-refractivity contribution in [2.24, 2.45) is 5.73 Å². The van der Waals surface area contributed by atoms with Gasteiger partial charge in [0, 0.05) is 24.1 Å². The largest absolute Gasteiger partial charge is 0.497 e. The molecule has 1 atom stereocenters. The Morgan fingerprint density at radius 1 is 1.33 bits per heavy atom. The van der Waals surface area contributed by atoms with Gasteiger partial charge in [-0.25, -0.2) is 0 Å². The van der Waals surface area contributed by atoms with Crippen molar-refractivity contribution in [1.29, 1.82) is 0 Å². The van der Waals surface area contributed by atoms with Crippen LogP contribution in [0.4, 0.5) is 0 Å². The molecule has 0 aliphatic carbocycles. The van der Waals surface area contributed by atoms with Crippen molar-refractivity contribution in [1.82, 2.24) is 0 Å². The van der Waals surface area contributed by atoms with Crippen LogP contribution in [-0.4, -0.2) is 20.8 Å². The highest BCUT2D eigenvalue weighted by atomic mass is 16.5. The van der Waals surface area contributed by atoms with Crippen LogP contribution in [-0.2, 0) is 0 Å². The van der Waals surface area contributed by atoms with Gasteiger partial charge in [0.1, 0.15) is 5.75 Å². The van der Waals surface area contributed by atoms with Gasteiger partial charge < -0.3 is 19.9 Å². The zero-order valence-corrected chi connectivity index (χ0v) is 8.95. The third-order valence-electron chi connectivity index (χ3n) is 2.59. The van der Waals surface area contributed by atoms with E-state index in [9.17, 15) is 0 Å². The third kappa shape index (κ3) is 1.72. The topological polar surface area (TPSA) is 53.7 Å². The Balaban J connectivity index is 2.52. The quantitative estimate of drug-likeness (QED) is 0.801. The van der Waals surface area contributed by atoms with Crippen molar-refractivity contribution in [3.8, 4) is 17.2 Å². The van der Waals surface area contributed by atoms with E-state index in [0.717, 1.165) is 23.5 Å². The monoisotopic (exact) mass is 209 g/mol. The number of hydrogen-bond donors (Lipinski definition) is 1. The van der Waals surface area contributed by atoms with Crippen molar-refractivity contribution >= 4 is 0 Å². The van der Waals surface area contributed by atoms with Crippen LogP contribution in [0.5, 0.6) is 17.2 Å². The lowest BCUT2D eigenvalue weighted by atomic mass is 10.0. The van der Waals surface area contributed by atoms with Crippen molar-refractivity contribution in [2.45, 2.75) is 12.5 Å². The molecule has 1 aromatic rings. The number of methoxy groups -OCH3 is 2. The average molecular weight is 209 g/mol. The van der Waals surface area contributed by atoms with E-state index in [2.05, 4.69) is 0 Å². The first-order valence-electron chi connectivity index (χ1n) is 4.90. The SMILES string of the molecule is COc1cc(OC)c2c(c1)[C@@H](N)CCO2. The molecule has 0 radical (unpaired) electrons. The summed E-state index contributed by atoms with van der Waals surface area (Å²) in [7, 11) is 3.23. The second-order valence-electron chi connectivity index (χ2n) is 3.49. The van der Waals surface area contributed by atoms with Crippen LogP contribution in [0, 0.1) is 0 Å². The van der Waals surface area contributed by atoms with E-state index in [1.54, 1.807) is 20.3 Å². The van der Waals surface area contributed by atoms with E-state index in [1.807, 2.05) is 6.07 Å². The molecular formula is C11H15NO3. The van der Waals surface area contributed by atoms with Crippen LogP contribution in [0.25, 0.3) is 0 Å². The van der Waals surface area contributed by atoms with Crippen molar-refractivity contribution in [3.63, 3.8) is 0 Å². The highest BCUT2D eigenvalue weighted by Crippen LogP contribution is 2.41. The molecule has 0 spiro atoms. The Bertz CT molecular complexity index is 365. The molecule has 4 nitrogen and oxygen atoms in total. The van der Waals surface area contributed by atoms with Gasteiger partial charge in [0.25, 0.3) is 0 Å². The predicted octanol–water partition coefficient (Wildman–Crippen LogP) is 1.49. The first-order valence-corrected chi connectivity index (χ1v) is 4.90. The smallest absolute Gasteiger partial charge is 0.166 e. The lowest BCUT2D eigenvalue weighted by Gasteiger charge is -2.25. The van der Waals surface area contributed by atoms with Gasteiger partial charge in [-0.2, -0.15) is 0 Å². The van der Waals surface area contributed by atoms with Gasteiger partial charge in [0.15, 0.2) is 11.5 Å². The lowest BCUT2D eigenvalue weighted by Crippen LogP contribution is -2.21. The fourth-order valence-corrected chi connectivity index (χ4v) is 1.74. The summed E-state index contributed by atoms with van der Waals surface area (Å²) in [5, 5.41) is 0. The summed E-state index contributed by atoms with van der Waals surface area (Å²) in [5.74, 6) is 2.17. The van der Waals surface area contributed by atoms with Crippen LogP contribution in [0.15, 0.2) is 12.1 Å². The molecule has 4 heteroatoms. The summed E-state index contributed by atoms with van der Waals surface area (Å²) in [6.07, 6.45) is 0.823. The van der Waals surface area contributed by atoms with Gasteiger partial charge in [-0.05, 0) is 6.07 Å². The molecule has 2 N–H and O–H groups in total. The summed E-state index contributed by atoms with van der Waals surface area (Å²) in [6, 6.07) is 3.70. The van der Waals surface area contributed by atoms with E-state index < -0.39 is 0 Å². The minimum Gasteiger partial charge on any atom is -0.497 e. The third-order valence-corrected chi connectivity index (χ3v) is 2.59. The standard InChI is InChI=1S/C11H15NO3/c1-13-7-5-8-9(12)3-4-15-11(8)10(6-7)14-2/h5-6,9H,3-4,12H2,1-2H3/t9-/m0/s1. The molecule has 2 rings (SSSR count). The number of nitrogens with two attached hydrogens (primary N) is 1. The molecule has 1 aromatic carbocycles. The van der Waals surface area contributed by atoms with Crippen LogP contribution < -0.4 is 19.9 Å². The van der Waals surface area contributed by atoms with E-state index in [-0.39, 0.29) is 6.04 Å². The average Bonchev–Trinajstić information content (AvgIpc) is 2.28. The molecule has 15 heavy (non-hydrogen) atoms. The van der Waals surface area contributed by atoms with Gasteiger partial charge in [-0.3, -0.25) is 0 Å². The minimum atomic E-state index is -0.00208.